The van der Waals surface area contributed by atoms with Gasteiger partial charge in [0.05, 0.1) is 18.2 Å². The highest BCUT2D eigenvalue weighted by atomic mass is 35.5. The van der Waals surface area contributed by atoms with Crippen molar-refractivity contribution in [1.82, 2.24) is 0 Å². The molecule has 1 N–H and O–H groups in total. The highest BCUT2D eigenvalue weighted by Crippen LogP contribution is 2.33. The molecule has 1 aliphatic heterocycles. The molecule has 0 saturated carbocycles. The fourth-order valence-electron chi connectivity index (χ4n) is 2.10. The van der Waals surface area contributed by atoms with Crippen molar-refractivity contribution in [2.45, 2.75) is 12.8 Å². The lowest BCUT2D eigenvalue weighted by molar-refractivity contribution is -0.126. The highest BCUT2D eigenvalue weighted by molar-refractivity contribution is 6.32. The molecule has 0 radical (unpaired) electrons. The van der Waals surface area contributed by atoms with Crippen molar-refractivity contribution in [3.05, 3.63) is 23.2 Å². The largest absolute Gasteiger partial charge is 0.495 e. The molecule has 0 spiro atoms. The molecular formula is C14H15ClN2O3. The standard InChI is InChI=1S/C14H15ClN2O3/c1-19-12-8-10(2-3-11(12)15)17-13(18)14(9-16)4-6-20-7-5-14/h2-3,8H,4-7H2,1H3,(H,17,18). The number of nitrogens with one attached hydrogen (secondary N) is 1. The maximum absolute atomic E-state index is 12.3. The van der Waals surface area contributed by atoms with E-state index in [4.69, 9.17) is 21.1 Å². The highest BCUT2D eigenvalue weighted by Gasteiger charge is 2.40. The molecule has 20 heavy (non-hydrogen) atoms. The van der Waals surface area contributed by atoms with Crippen molar-refractivity contribution >= 4 is 23.2 Å². The predicted octanol–water partition coefficient (Wildman–Crippen LogP) is 2.61. The first-order chi connectivity index (χ1) is 9.61. The van der Waals surface area contributed by atoms with Crippen molar-refractivity contribution in [3.8, 4) is 11.8 Å². The summed E-state index contributed by atoms with van der Waals surface area (Å²) in [7, 11) is 1.50. The van der Waals surface area contributed by atoms with E-state index in [0.717, 1.165) is 0 Å². The maximum Gasteiger partial charge on any atom is 0.245 e. The Bertz CT molecular complexity index is 548. The fraction of sp³-hybridized carbons (Fsp3) is 0.429. The van der Waals surface area contributed by atoms with Crippen molar-refractivity contribution in [1.29, 1.82) is 5.26 Å². The molecule has 0 atom stereocenters. The molecule has 1 amide bonds. The van der Waals surface area contributed by atoms with Crippen LogP contribution in [0.4, 0.5) is 5.69 Å². The van der Waals surface area contributed by atoms with Crippen LogP contribution in [0.2, 0.25) is 5.02 Å². The van der Waals surface area contributed by atoms with Crippen molar-refractivity contribution in [2.75, 3.05) is 25.6 Å². The van der Waals surface area contributed by atoms with Crippen LogP contribution < -0.4 is 10.1 Å². The summed E-state index contributed by atoms with van der Waals surface area (Å²) in [6, 6.07) is 7.07. The van der Waals surface area contributed by atoms with E-state index in [1.165, 1.54) is 7.11 Å². The van der Waals surface area contributed by atoms with Gasteiger partial charge < -0.3 is 14.8 Å². The number of halogens is 1. The lowest BCUT2D eigenvalue weighted by Gasteiger charge is -2.29. The van der Waals surface area contributed by atoms with Gasteiger partial charge in [0.1, 0.15) is 11.2 Å². The molecule has 1 heterocycles. The molecule has 106 valence electrons. The summed E-state index contributed by atoms with van der Waals surface area (Å²) in [5.74, 6) is 0.162. The van der Waals surface area contributed by atoms with Crippen molar-refractivity contribution in [3.63, 3.8) is 0 Å². The van der Waals surface area contributed by atoms with Gasteiger partial charge in [-0.1, -0.05) is 11.6 Å². The minimum absolute atomic E-state index is 0.312. The van der Waals surface area contributed by atoms with Crippen LogP contribution >= 0.6 is 11.6 Å². The number of nitrogens with zero attached hydrogens (tertiary/aromatic N) is 1. The number of anilines is 1. The second-order valence-corrected chi connectivity index (χ2v) is 5.02. The van der Waals surface area contributed by atoms with Crippen LogP contribution in [0, 0.1) is 16.7 Å². The first-order valence-electron chi connectivity index (χ1n) is 6.25. The van der Waals surface area contributed by atoms with Gasteiger partial charge in [0, 0.05) is 25.0 Å². The summed E-state index contributed by atoms with van der Waals surface area (Å²) >= 11 is 5.93. The Balaban J connectivity index is 2.16. The van der Waals surface area contributed by atoms with E-state index in [1.807, 2.05) is 0 Å². The molecule has 1 saturated heterocycles. The summed E-state index contributed by atoms with van der Waals surface area (Å²) in [6.07, 6.45) is 0.806. The molecule has 0 aliphatic carbocycles. The average molecular weight is 295 g/mol. The van der Waals surface area contributed by atoms with Crippen LogP contribution in [0.25, 0.3) is 0 Å². The Morgan fingerprint density at radius 3 is 2.80 bits per heavy atom. The summed E-state index contributed by atoms with van der Waals surface area (Å²) in [5.41, 5.74) is -0.470. The van der Waals surface area contributed by atoms with Crippen LogP contribution in [0.15, 0.2) is 18.2 Å². The summed E-state index contributed by atoms with van der Waals surface area (Å²) in [5, 5.41) is 12.5. The number of carbonyl (C=O) groups is 1. The molecule has 0 bridgehead atoms. The van der Waals surface area contributed by atoms with Crippen LogP contribution in [0.3, 0.4) is 0 Å². The molecule has 0 unspecified atom stereocenters. The van der Waals surface area contributed by atoms with Crippen LogP contribution in [0.5, 0.6) is 5.75 Å². The lowest BCUT2D eigenvalue weighted by atomic mass is 9.81. The van der Waals surface area contributed by atoms with Gasteiger partial charge in [-0.05, 0) is 25.0 Å². The van der Waals surface area contributed by atoms with E-state index < -0.39 is 5.41 Å². The average Bonchev–Trinajstić information content (AvgIpc) is 2.49. The normalized spacial score (nSPS) is 17.1. The van der Waals surface area contributed by atoms with Gasteiger partial charge in [-0.2, -0.15) is 5.26 Å². The summed E-state index contributed by atoms with van der Waals surface area (Å²) in [4.78, 5) is 12.3. The van der Waals surface area contributed by atoms with Crippen molar-refractivity contribution in [2.24, 2.45) is 5.41 Å². The zero-order chi connectivity index (χ0) is 14.6. The van der Waals surface area contributed by atoms with E-state index in [2.05, 4.69) is 11.4 Å². The van der Waals surface area contributed by atoms with E-state index in [1.54, 1.807) is 18.2 Å². The molecule has 1 aliphatic rings. The zero-order valence-electron chi connectivity index (χ0n) is 11.1. The Morgan fingerprint density at radius 1 is 1.50 bits per heavy atom. The zero-order valence-corrected chi connectivity index (χ0v) is 11.9. The second kappa shape index (κ2) is 6.12. The van der Waals surface area contributed by atoms with Gasteiger partial charge in [-0.25, -0.2) is 0 Å². The number of ether oxygens (including phenoxy) is 2. The minimum Gasteiger partial charge on any atom is -0.495 e. The molecule has 1 aromatic carbocycles. The minimum atomic E-state index is -1.02. The number of methoxy groups -OCH3 is 1. The molecule has 1 fully saturated rings. The third kappa shape index (κ3) is 2.87. The monoisotopic (exact) mass is 294 g/mol. The van der Waals surface area contributed by atoms with Gasteiger partial charge in [-0.3, -0.25) is 4.79 Å². The van der Waals surface area contributed by atoms with E-state index in [9.17, 15) is 10.1 Å². The molecular weight excluding hydrogens is 280 g/mol. The third-order valence-electron chi connectivity index (χ3n) is 3.40. The van der Waals surface area contributed by atoms with Gasteiger partial charge in [0.25, 0.3) is 0 Å². The van der Waals surface area contributed by atoms with E-state index >= 15 is 0 Å². The maximum atomic E-state index is 12.3. The van der Waals surface area contributed by atoms with Crippen LogP contribution in [0.1, 0.15) is 12.8 Å². The Morgan fingerprint density at radius 2 is 2.20 bits per heavy atom. The van der Waals surface area contributed by atoms with Gasteiger partial charge in [-0.15, -0.1) is 0 Å². The van der Waals surface area contributed by atoms with Gasteiger partial charge in [0.15, 0.2) is 0 Å². The van der Waals surface area contributed by atoms with Crippen LogP contribution in [-0.2, 0) is 9.53 Å². The topological polar surface area (TPSA) is 71.3 Å². The first-order valence-corrected chi connectivity index (χ1v) is 6.63. The first kappa shape index (κ1) is 14.6. The van der Waals surface area contributed by atoms with Crippen LogP contribution in [-0.4, -0.2) is 26.2 Å². The SMILES string of the molecule is COc1cc(NC(=O)C2(C#N)CCOCC2)ccc1Cl. The smallest absolute Gasteiger partial charge is 0.245 e. The third-order valence-corrected chi connectivity index (χ3v) is 3.72. The van der Waals surface area contributed by atoms with Gasteiger partial charge in [0.2, 0.25) is 5.91 Å². The number of amides is 1. The number of carbonyl (C=O) groups excluding carboxylic acids is 1. The van der Waals surface area contributed by atoms with E-state index in [0.29, 0.717) is 42.5 Å². The number of hydrogen-bond donors (Lipinski definition) is 1. The van der Waals surface area contributed by atoms with Crippen molar-refractivity contribution < 1.29 is 14.3 Å². The number of benzene rings is 1. The lowest BCUT2D eigenvalue weighted by Crippen LogP contribution is -2.39. The van der Waals surface area contributed by atoms with Gasteiger partial charge >= 0.3 is 0 Å². The summed E-state index contributed by atoms with van der Waals surface area (Å²) < 4.78 is 10.3. The number of hydrogen-bond acceptors (Lipinski definition) is 4. The molecule has 0 aromatic heterocycles. The Kier molecular flexibility index (Phi) is 4.48. The molecule has 2 rings (SSSR count). The molecule has 1 aromatic rings. The van der Waals surface area contributed by atoms with E-state index in [-0.39, 0.29) is 5.91 Å². The summed E-state index contributed by atoms with van der Waals surface area (Å²) in [6.45, 7) is 0.843. The molecule has 6 heteroatoms. The quantitative estimate of drug-likeness (QED) is 0.930. The Hall–Kier alpha value is -1.77. The number of rotatable bonds is 3. The molecule has 5 nitrogen and oxygen atoms in total. The number of nitriles is 1. The Labute approximate surface area is 122 Å². The second-order valence-electron chi connectivity index (χ2n) is 4.61. The fourth-order valence-corrected chi connectivity index (χ4v) is 2.29. The predicted molar refractivity (Wildman–Crippen MR) is 74.7 cm³/mol.